The van der Waals surface area contributed by atoms with Gasteiger partial charge in [-0.1, -0.05) is 23.2 Å². The summed E-state index contributed by atoms with van der Waals surface area (Å²) in [4.78, 5) is 12.7. The maximum absolute atomic E-state index is 13.0. The Kier molecular flexibility index (Phi) is 7.69. The molecule has 1 amide bonds. The standard InChI is InChI=1S/C21H24Cl2N2O5S/c1-3-30-20-7-5-16(13-18(20)23)31(27,28)25-10-8-14(9-11-25)21(26)24-15-4-6-19(29-2)17(22)12-15/h4-7,12-14H,3,8-11H2,1-2H3,(H,24,26). The lowest BCUT2D eigenvalue weighted by molar-refractivity contribution is -0.120. The number of nitrogens with one attached hydrogen (secondary N) is 1. The van der Waals surface area contributed by atoms with E-state index in [4.69, 9.17) is 32.7 Å². The molecular formula is C21H24Cl2N2O5S. The predicted octanol–water partition coefficient (Wildman–Crippen LogP) is 4.44. The number of carbonyl (C=O) groups excluding carboxylic acids is 1. The fraction of sp³-hybridized carbons (Fsp3) is 0.381. The molecular weight excluding hydrogens is 463 g/mol. The fourth-order valence-electron chi connectivity index (χ4n) is 3.41. The quantitative estimate of drug-likeness (QED) is 0.624. The topological polar surface area (TPSA) is 84.9 Å². The zero-order valence-corrected chi connectivity index (χ0v) is 19.6. The lowest BCUT2D eigenvalue weighted by Crippen LogP contribution is -2.41. The van der Waals surface area contributed by atoms with Gasteiger partial charge in [-0.15, -0.1) is 0 Å². The number of hydrogen-bond acceptors (Lipinski definition) is 5. The van der Waals surface area contributed by atoms with Crippen LogP contribution in [0, 0.1) is 5.92 Å². The second kappa shape index (κ2) is 10.1. The van der Waals surface area contributed by atoms with Gasteiger partial charge in [-0.2, -0.15) is 4.31 Å². The van der Waals surface area contributed by atoms with Crippen molar-refractivity contribution in [2.45, 2.75) is 24.7 Å². The van der Waals surface area contributed by atoms with E-state index in [1.807, 2.05) is 6.92 Å². The monoisotopic (exact) mass is 486 g/mol. The number of amides is 1. The van der Waals surface area contributed by atoms with Crippen molar-refractivity contribution in [3.8, 4) is 11.5 Å². The largest absolute Gasteiger partial charge is 0.495 e. The second-order valence-corrected chi connectivity index (χ2v) is 9.79. The highest BCUT2D eigenvalue weighted by atomic mass is 35.5. The van der Waals surface area contributed by atoms with E-state index in [1.54, 1.807) is 24.3 Å². The van der Waals surface area contributed by atoms with Gasteiger partial charge in [-0.05, 0) is 56.2 Å². The number of benzene rings is 2. The van der Waals surface area contributed by atoms with Gasteiger partial charge in [-0.3, -0.25) is 4.79 Å². The highest BCUT2D eigenvalue weighted by molar-refractivity contribution is 7.89. The third-order valence-electron chi connectivity index (χ3n) is 5.09. The van der Waals surface area contributed by atoms with Gasteiger partial charge in [-0.25, -0.2) is 8.42 Å². The summed E-state index contributed by atoms with van der Waals surface area (Å²) in [6, 6.07) is 9.44. The molecule has 0 bridgehead atoms. The molecule has 1 N–H and O–H groups in total. The Balaban J connectivity index is 1.62. The first-order valence-corrected chi connectivity index (χ1v) is 12.0. The molecule has 0 spiro atoms. The van der Waals surface area contributed by atoms with E-state index >= 15 is 0 Å². The van der Waals surface area contributed by atoms with E-state index < -0.39 is 10.0 Å². The van der Waals surface area contributed by atoms with Crippen LogP contribution in [0.5, 0.6) is 11.5 Å². The van der Waals surface area contributed by atoms with Crippen molar-refractivity contribution in [1.29, 1.82) is 0 Å². The fourth-order valence-corrected chi connectivity index (χ4v) is 5.46. The minimum absolute atomic E-state index is 0.108. The van der Waals surface area contributed by atoms with E-state index in [2.05, 4.69) is 5.32 Å². The van der Waals surface area contributed by atoms with Crippen LogP contribution in [0.2, 0.25) is 10.0 Å². The summed E-state index contributed by atoms with van der Waals surface area (Å²) in [7, 11) is -2.19. The van der Waals surface area contributed by atoms with Gasteiger partial charge < -0.3 is 14.8 Å². The highest BCUT2D eigenvalue weighted by Crippen LogP contribution is 2.31. The van der Waals surface area contributed by atoms with Crippen molar-refractivity contribution in [1.82, 2.24) is 4.31 Å². The van der Waals surface area contributed by atoms with Crippen LogP contribution in [-0.4, -0.2) is 45.4 Å². The van der Waals surface area contributed by atoms with Crippen LogP contribution >= 0.6 is 23.2 Å². The summed E-state index contributed by atoms with van der Waals surface area (Å²) in [5.41, 5.74) is 0.565. The number of halogens is 2. The Morgan fingerprint density at radius 1 is 1.10 bits per heavy atom. The molecule has 0 radical (unpaired) electrons. The maximum atomic E-state index is 13.0. The SMILES string of the molecule is CCOc1ccc(S(=O)(=O)N2CCC(C(=O)Nc3ccc(OC)c(Cl)c3)CC2)cc1Cl. The van der Waals surface area contributed by atoms with E-state index in [0.717, 1.165) is 0 Å². The Morgan fingerprint density at radius 3 is 2.32 bits per heavy atom. The van der Waals surface area contributed by atoms with Crippen molar-refractivity contribution in [3.63, 3.8) is 0 Å². The van der Waals surface area contributed by atoms with Crippen molar-refractivity contribution in [2.24, 2.45) is 5.92 Å². The smallest absolute Gasteiger partial charge is 0.243 e. The number of anilines is 1. The molecule has 0 aromatic heterocycles. The molecule has 1 aliphatic heterocycles. The minimum Gasteiger partial charge on any atom is -0.495 e. The Hall–Kier alpha value is -2.00. The number of piperidine rings is 1. The van der Waals surface area contributed by atoms with Crippen molar-refractivity contribution < 1.29 is 22.7 Å². The number of hydrogen-bond donors (Lipinski definition) is 1. The van der Waals surface area contributed by atoms with Crippen LogP contribution in [0.25, 0.3) is 0 Å². The van der Waals surface area contributed by atoms with Crippen LogP contribution < -0.4 is 14.8 Å². The summed E-state index contributed by atoms with van der Waals surface area (Å²) >= 11 is 12.2. The predicted molar refractivity (Wildman–Crippen MR) is 121 cm³/mol. The first-order chi connectivity index (χ1) is 14.8. The molecule has 168 valence electrons. The molecule has 31 heavy (non-hydrogen) atoms. The Labute approximate surface area is 192 Å². The minimum atomic E-state index is -3.71. The highest BCUT2D eigenvalue weighted by Gasteiger charge is 2.32. The molecule has 1 heterocycles. The molecule has 10 heteroatoms. The number of sulfonamides is 1. The average Bonchev–Trinajstić information content (AvgIpc) is 2.75. The van der Waals surface area contributed by atoms with Crippen LogP contribution in [-0.2, 0) is 14.8 Å². The molecule has 0 atom stereocenters. The first-order valence-electron chi connectivity index (χ1n) is 9.83. The normalized spacial score (nSPS) is 15.5. The van der Waals surface area contributed by atoms with Crippen LogP contribution in [0.3, 0.4) is 0 Å². The number of carbonyl (C=O) groups is 1. The Morgan fingerprint density at radius 2 is 1.74 bits per heavy atom. The number of methoxy groups -OCH3 is 1. The molecule has 0 aliphatic carbocycles. The van der Waals surface area contributed by atoms with Crippen LogP contribution in [0.4, 0.5) is 5.69 Å². The molecule has 0 saturated carbocycles. The number of rotatable bonds is 7. The van der Waals surface area contributed by atoms with Gasteiger partial charge in [0.2, 0.25) is 15.9 Å². The second-order valence-electron chi connectivity index (χ2n) is 7.04. The third kappa shape index (κ3) is 5.44. The lowest BCUT2D eigenvalue weighted by atomic mass is 9.97. The lowest BCUT2D eigenvalue weighted by Gasteiger charge is -2.30. The van der Waals surface area contributed by atoms with E-state index in [0.29, 0.717) is 41.7 Å². The van der Waals surface area contributed by atoms with Crippen LogP contribution in [0.15, 0.2) is 41.3 Å². The average molecular weight is 487 g/mol. The van der Waals surface area contributed by atoms with E-state index in [1.165, 1.54) is 23.5 Å². The summed E-state index contributed by atoms with van der Waals surface area (Å²) < 4.78 is 37.8. The summed E-state index contributed by atoms with van der Waals surface area (Å²) in [5.74, 6) is 0.503. The molecule has 1 aliphatic rings. The summed E-state index contributed by atoms with van der Waals surface area (Å²) in [5, 5.41) is 3.48. The van der Waals surface area contributed by atoms with Crippen molar-refractivity contribution in [3.05, 3.63) is 46.4 Å². The first kappa shape index (κ1) is 23.7. The molecule has 2 aromatic rings. The Bertz CT molecular complexity index is 1050. The molecule has 3 rings (SSSR count). The van der Waals surface area contributed by atoms with Gasteiger partial charge in [0.15, 0.2) is 0 Å². The van der Waals surface area contributed by atoms with Gasteiger partial charge in [0.05, 0.1) is 28.7 Å². The zero-order chi connectivity index (χ0) is 22.6. The van der Waals surface area contributed by atoms with Gasteiger partial charge in [0.1, 0.15) is 11.5 Å². The van der Waals surface area contributed by atoms with Gasteiger partial charge >= 0.3 is 0 Å². The van der Waals surface area contributed by atoms with Crippen LogP contribution in [0.1, 0.15) is 19.8 Å². The van der Waals surface area contributed by atoms with E-state index in [9.17, 15) is 13.2 Å². The summed E-state index contributed by atoms with van der Waals surface area (Å²) in [6.07, 6.45) is 0.833. The maximum Gasteiger partial charge on any atom is 0.243 e. The van der Waals surface area contributed by atoms with E-state index in [-0.39, 0.29) is 34.8 Å². The molecule has 2 aromatic carbocycles. The molecule has 1 fully saturated rings. The zero-order valence-electron chi connectivity index (χ0n) is 17.2. The molecule has 0 unspecified atom stereocenters. The third-order valence-corrected chi connectivity index (χ3v) is 7.57. The molecule has 7 nitrogen and oxygen atoms in total. The van der Waals surface area contributed by atoms with Crippen molar-refractivity contribution in [2.75, 3.05) is 32.1 Å². The summed E-state index contributed by atoms with van der Waals surface area (Å²) in [6.45, 7) is 2.75. The molecule has 1 saturated heterocycles. The number of ether oxygens (including phenoxy) is 2. The number of nitrogens with zero attached hydrogens (tertiary/aromatic N) is 1. The van der Waals surface area contributed by atoms with Crippen molar-refractivity contribution >= 4 is 44.8 Å². The van der Waals surface area contributed by atoms with Gasteiger partial charge in [0, 0.05) is 24.7 Å². The van der Waals surface area contributed by atoms with Gasteiger partial charge in [0.25, 0.3) is 0 Å².